The molecule has 5 rings (SSSR count). The third kappa shape index (κ3) is 5.88. The fourth-order valence-corrected chi connectivity index (χ4v) is 6.37. The van der Waals surface area contributed by atoms with Crippen molar-refractivity contribution in [2.75, 3.05) is 37.3 Å². The van der Waals surface area contributed by atoms with Crippen molar-refractivity contribution in [2.24, 2.45) is 5.73 Å². The molecule has 0 bridgehead atoms. The number of aryl methyl sites for hydroxylation is 1. The fourth-order valence-electron chi connectivity index (χ4n) is 5.38. The van der Waals surface area contributed by atoms with Gasteiger partial charge in [-0.15, -0.1) is 11.3 Å². The average Bonchev–Trinajstić information content (AvgIpc) is 3.74. The fraction of sp³-hybridized carbons (Fsp3) is 0.483. The lowest BCUT2D eigenvalue weighted by Gasteiger charge is -2.34. The number of aliphatic hydroxyl groups excluding tert-OH is 1. The van der Waals surface area contributed by atoms with Crippen LogP contribution in [0.15, 0.2) is 30.3 Å². The number of hydrogen-bond acceptors (Lipinski definition) is 8. The van der Waals surface area contributed by atoms with Crippen molar-refractivity contribution >= 4 is 44.9 Å². The summed E-state index contributed by atoms with van der Waals surface area (Å²) in [6.07, 6.45) is 5.19. The monoisotopic (exact) mass is 550 g/mol. The minimum Gasteiger partial charge on any atom is -0.397 e. The van der Waals surface area contributed by atoms with Crippen LogP contribution in [0, 0.1) is 0 Å². The van der Waals surface area contributed by atoms with Crippen LogP contribution in [0.2, 0.25) is 0 Å². The number of nitrogen functional groups attached to an aromatic ring is 1. The lowest BCUT2D eigenvalue weighted by atomic mass is 10.0. The molecule has 0 radical (unpaired) electrons. The van der Waals surface area contributed by atoms with Crippen LogP contribution >= 0.6 is 11.3 Å². The van der Waals surface area contributed by atoms with Gasteiger partial charge < -0.3 is 31.7 Å². The summed E-state index contributed by atoms with van der Waals surface area (Å²) in [6, 6.07) is 10.1. The summed E-state index contributed by atoms with van der Waals surface area (Å²) in [6.45, 7) is 4.26. The molecule has 1 saturated carbocycles. The number of aliphatic hydroxyl groups is 1. The number of pyridine rings is 1. The van der Waals surface area contributed by atoms with E-state index >= 15 is 0 Å². The highest BCUT2D eigenvalue weighted by Crippen LogP contribution is 2.37. The van der Waals surface area contributed by atoms with Crippen molar-refractivity contribution in [3.63, 3.8) is 0 Å². The Morgan fingerprint density at radius 2 is 1.90 bits per heavy atom. The van der Waals surface area contributed by atoms with Gasteiger partial charge >= 0.3 is 0 Å². The number of anilines is 2. The van der Waals surface area contributed by atoms with Gasteiger partial charge in [-0.3, -0.25) is 9.59 Å². The second kappa shape index (κ2) is 11.5. The van der Waals surface area contributed by atoms with Gasteiger partial charge in [-0.1, -0.05) is 25.5 Å². The number of rotatable bonds is 10. The largest absolute Gasteiger partial charge is 0.397 e. The number of aromatic nitrogens is 1. The van der Waals surface area contributed by atoms with Crippen LogP contribution in [0.25, 0.3) is 10.2 Å². The van der Waals surface area contributed by atoms with E-state index in [2.05, 4.69) is 23.2 Å². The maximum Gasteiger partial charge on any atom is 0.260 e. The standard InChI is InChI=1S/C29H38N6O3S/c1-3-4-19-15-23(33-28-24(19)25(30)26(39-28)27(31)37)35-13-11-20(12-14-35)32-16-22(36)17-5-7-18(8-6-17)29(38)34(2)21-9-10-21/h5-8,15,20-22,32,36H,3-4,9-14,16,30H2,1-2H3,(H2,31,37). The normalized spacial score (nSPS) is 16.9. The molecule has 1 aromatic carbocycles. The van der Waals surface area contributed by atoms with Gasteiger partial charge in [0.1, 0.15) is 15.5 Å². The Bertz CT molecular complexity index is 1350. The van der Waals surface area contributed by atoms with Crippen LogP contribution in [0.5, 0.6) is 0 Å². The Labute approximate surface area is 233 Å². The molecule has 1 saturated heterocycles. The molecule has 3 aromatic rings. The van der Waals surface area contributed by atoms with Gasteiger partial charge in [0.15, 0.2) is 0 Å². The predicted octanol–water partition coefficient (Wildman–Crippen LogP) is 3.46. The maximum atomic E-state index is 12.5. The Kier molecular flexibility index (Phi) is 8.06. The molecule has 2 amide bonds. The van der Waals surface area contributed by atoms with Crippen molar-refractivity contribution in [1.82, 2.24) is 15.2 Å². The first kappa shape index (κ1) is 27.4. The Morgan fingerprint density at radius 1 is 1.21 bits per heavy atom. The zero-order valence-electron chi connectivity index (χ0n) is 22.7. The topological polar surface area (TPSA) is 138 Å². The first-order valence-electron chi connectivity index (χ1n) is 13.8. The number of piperidine rings is 1. The van der Waals surface area contributed by atoms with E-state index < -0.39 is 12.0 Å². The minimum absolute atomic E-state index is 0.0368. The number of carbonyl (C=O) groups is 2. The third-order valence-corrected chi connectivity index (χ3v) is 9.00. The van der Waals surface area contributed by atoms with E-state index in [-0.39, 0.29) is 5.91 Å². The number of fused-ring (bicyclic) bond motifs is 1. The van der Waals surface area contributed by atoms with E-state index in [9.17, 15) is 14.7 Å². The molecule has 9 nitrogen and oxygen atoms in total. The van der Waals surface area contributed by atoms with Gasteiger partial charge in [0.2, 0.25) is 0 Å². The number of nitrogens with one attached hydrogen (secondary N) is 1. The molecule has 3 heterocycles. The van der Waals surface area contributed by atoms with Gasteiger partial charge in [-0.2, -0.15) is 0 Å². The first-order valence-corrected chi connectivity index (χ1v) is 14.6. The summed E-state index contributed by atoms with van der Waals surface area (Å²) in [5.74, 6) is 0.428. The van der Waals surface area contributed by atoms with Crippen LogP contribution in [-0.4, -0.2) is 65.6 Å². The highest BCUT2D eigenvalue weighted by molar-refractivity contribution is 7.21. The molecule has 1 aliphatic heterocycles. The summed E-state index contributed by atoms with van der Waals surface area (Å²) in [5.41, 5.74) is 14.8. The molecule has 2 aromatic heterocycles. The van der Waals surface area contributed by atoms with Gasteiger partial charge in [-0.05, 0) is 61.4 Å². The summed E-state index contributed by atoms with van der Waals surface area (Å²) in [5, 5.41) is 15.1. The Hall–Kier alpha value is -3.21. The molecule has 2 aliphatic rings. The number of carbonyl (C=O) groups excluding carboxylic acids is 2. The van der Waals surface area contributed by atoms with E-state index in [0.29, 0.717) is 34.8 Å². The highest BCUT2D eigenvalue weighted by atomic mass is 32.1. The van der Waals surface area contributed by atoms with Crippen molar-refractivity contribution in [3.05, 3.63) is 51.9 Å². The predicted molar refractivity (Wildman–Crippen MR) is 156 cm³/mol. The van der Waals surface area contributed by atoms with E-state index in [4.69, 9.17) is 16.5 Å². The molecule has 1 aliphatic carbocycles. The van der Waals surface area contributed by atoms with Gasteiger partial charge in [0, 0.05) is 49.7 Å². The van der Waals surface area contributed by atoms with Crippen LogP contribution < -0.4 is 21.7 Å². The van der Waals surface area contributed by atoms with Crippen molar-refractivity contribution in [3.8, 4) is 0 Å². The first-order chi connectivity index (χ1) is 18.8. The molecule has 0 spiro atoms. The third-order valence-electron chi connectivity index (χ3n) is 7.89. The van der Waals surface area contributed by atoms with Gasteiger partial charge in [0.05, 0.1) is 11.8 Å². The maximum absolute atomic E-state index is 12.5. The summed E-state index contributed by atoms with van der Waals surface area (Å²) in [4.78, 5) is 34.5. The number of primary amides is 1. The van der Waals surface area contributed by atoms with Crippen LogP contribution in [-0.2, 0) is 6.42 Å². The molecule has 1 atom stereocenters. The van der Waals surface area contributed by atoms with Crippen molar-refractivity contribution < 1.29 is 14.7 Å². The van der Waals surface area contributed by atoms with E-state index in [0.717, 1.165) is 78.8 Å². The number of hydrogen-bond donors (Lipinski definition) is 4. The number of benzene rings is 1. The number of nitrogens with zero attached hydrogens (tertiary/aromatic N) is 3. The average molecular weight is 551 g/mol. The van der Waals surface area contributed by atoms with Crippen LogP contribution in [0.4, 0.5) is 11.5 Å². The molecular formula is C29H38N6O3S. The molecule has 39 heavy (non-hydrogen) atoms. The van der Waals surface area contributed by atoms with E-state index in [1.165, 1.54) is 11.3 Å². The number of thiophene rings is 1. The summed E-state index contributed by atoms with van der Waals surface area (Å²) in [7, 11) is 1.86. The summed E-state index contributed by atoms with van der Waals surface area (Å²) < 4.78 is 0. The molecule has 1 unspecified atom stereocenters. The Balaban J connectivity index is 1.17. The molecule has 10 heteroatoms. The smallest absolute Gasteiger partial charge is 0.260 e. The Morgan fingerprint density at radius 3 is 2.51 bits per heavy atom. The second-order valence-electron chi connectivity index (χ2n) is 10.7. The molecule has 6 N–H and O–H groups in total. The minimum atomic E-state index is -0.641. The van der Waals surface area contributed by atoms with Crippen LogP contribution in [0.1, 0.15) is 76.3 Å². The number of amides is 2. The van der Waals surface area contributed by atoms with E-state index in [1.54, 1.807) is 0 Å². The zero-order valence-corrected chi connectivity index (χ0v) is 23.5. The second-order valence-corrected chi connectivity index (χ2v) is 11.7. The summed E-state index contributed by atoms with van der Waals surface area (Å²) >= 11 is 1.27. The van der Waals surface area contributed by atoms with E-state index in [1.807, 2.05) is 36.2 Å². The SMILES string of the molecule is CCCc1cc(N2CCC(NCC(O)c3ccc(C(=O)N(C)C4CC4)cc3)CC2)nc2sc(C(N)=O)c(N)c12. The van der Waals surface area contributed by atoms with Gasteiger partial charge in [0.25, 0.3) is 11.8 Å². The lowest BCUT2D eigenvalue weighted by molar-refractivity contribution is 0.0784. The van der Waals surface area contributed by atoms with Crippen molar-refractivity contribution in [1.29, 1.82) is 0 Å². The van der Waals surface area contributed by atoms with Crippen molar-refractivity contribution in [2.45, 2.75) is 63.6 Å². The molecule has 2 fully saturated rings. The van der Waals surface area contributed by atoms with Crippen LogP contribution in [0.3, 0.4) is 0 Å². The molecule has 208 valence electrons. The van der Waals surface area contributed by atoms with Gasteiger partial charge in [-0.25, -0.2) is 4.98 Å². The molecular weight excluding hydrogens is 512 g/mol. The number of nitrogens with two attached hydrogens (primary N) is 2. The quantitative estimate of drug-likeness (QED) is 0.303. The zero-order chi connectivity index (χ0) is 27.7. The lowest BCUT2D eigenvalue weighted by Crippen LogP contribution is -2.44. The highest BCUT2D eigenvalue weighted by Gasteiger charge is 2.30.